The zero-order valence-electron chi connectivity index (χ0n) is 13.0. The molecule has 1 amide bonds. The van der Waals surface area contributed by atoms with Crippen molar-refractivity contribution in [1.82, 2.24) is 20.2 Å². The molecule has 0 aromatic carbocycles. The third-order valence-electron chi connectivity index (χ3n) is 3.43. The molecule has 1 fully saturated rings. The highest BCUT2D eigenvalue weighted by atomic mass is 35.5. The molecule has 0 atom stereocenters. The number of rotatable bonds is 4. The zero-order valence-corrected chi connectivity index (χ0v) is 13.8. The van der Waals surface area contributed by atoms with Crippen molar-refractivity contribution in [3.8, 4) is 0 Å². The van der Waals surface area contributed by atoms with E-state index in [1.165, 1.54) is 0 Å². The van der Waals surface area contributed by atoms with Crippen molar-refractivity contribution in [2.75, 3.05) is 43.4 Å². The van der Waals surface area contributed by atoms with E-state index in [0.717, 1.165) is 38.4 Å². The predicted molar refractivity (Wildman–Crippen MR) is 88.0 cm³/mol. The molecule has 1 saturated heterocycles. The Bertz CT molecular complexity index is 504. The highest BCUT2D eigenvalue weighted by Gasteiger charge is 2.19. The molecule has 3 N–H and O–H groups in total. The summed E-state index contributed by atoms with van der Waals surface area (Å²) in [6.45, 7) is 7.68. The summed E-state index contributed by atoms with van der Waals surface area (Å²) < 4.78 is 0. The first-order chi connectivity index (χ1) is 10.4. The van der Waals surface area contributed by atoms with Crippen LogP contribution in [0.5, 0.6) is 0 Å². The summed E-state index contributed by atoms with van der Waals surface area (Å²) in [5.41, 5.74) is 5.65. The van der Waals surface area contributed by atoms with E-state index in [9.17, 15) is 4.79 Å². The van der Waals surface area contributed by atoms with E-state index < -0.39 is 0 Å². The number of carbonyl (C=O) groups is 1. The molecule has 2 heterocycles. The quantitative estimate of drug-likeness (QED) is 0.794. The normalized spacial score (nSPS) is 16.6. The van der Waals surface area contributed by atoms with E-state index in [2.05, 4.69) is 25.1 Å². The molecular formula is C14H23ClN6O. The molecule has 0 spiro atoms. The van der Waals surface area contributed by atoms with Crippen molar-refractivity contribution >= 4 is 29.3 Å². The Labute approximate surface area is 135 Å². The second-order valence-corrected chi connectivity index (χ2v) is 6.13. The molecule has 122 valence electrons. The van der Waals surface area contributed by atoms with E-state index in [1.807, 2.05) is 13.8 Å². The summed E-state index contributed by atoms with van der Waals surface area (Å²) in [5.74, 6) is 0.990. The molecule has 0 aliphatic carbocycles. The van der Waals surface area contributed by atoms with Gasteiger partial charge in [0.15, 0.2) is 0 Å². The van der Waals surface area contributed by atoms with Crippen LogP contribution in [-0.4, -0.2) is 59.5 Å². The van der Waals surface area contributed by atoms with Crippen molar-refractivity contribution in [3.63, 3.8) is 0 Å². The molecule has 1 aromatic heterocycles. The molecule has 1 aliphatic heterocycles. The lowest BCUT2D eigenvalue weighted by atomic mass is 10.3. The molecule has 22 heavy (non-hydrogen) atoms. The molecule has 0 radical (unpaired) electrons. The van der Waals surface area contributed by atoms with E-state index in [4.69, 9.17) is 17.3 Å². The fraction of sp³-hybridized carbons (Fsp3) is 0.643. The summed E-state index contributed by atoms with van der Waals surface area (Å²) in [4.78, 5) is 24.3. The molecule has 0 saturated carbocycles. The van der Waals surface area contributed by atoms with Gasteiger partial charge < -0.3 is 16.0 Å². The summed E-state index contributed by atoms with van der Waals surface area (Å²) >= 11 is 5.93. The summed E-state index contributed by atoms with van der Waals surface area (Å²) in [7, 11) is 0. The van der Waals surface area contributed by atoms with E-state index in [1.54, 1.807) is 6.07 Å². The highest BCUT2D eigenvalue weighted by Crippen LogP contribution is 2.18. The number of nitrogens with zero attached hydrogens (tertiary/aromatic N) is 4. The van der Waals surface area contributed by atoms with Crippen LogP contribution in [0.4, 0.5) is 11.8 Å². The van der Waals surface area contributed by atoms with Crippen LogP contribution in [0.1, 0.15) is 20.3 Å². The van der Waals surface area contributed by atoms with Gasteiger partial charge in [0, 0.05) is 38.3 Å². The van der Waals surface area contributed by atoms with E-state index in [-0.39, 0.29) is 17.9 Å². The van der Waals surface area contributed by atoms with Gasteiger partial charge in [-0.15, -0.1) is 0 Å². The summed E-state index contributed by atoms with van der Waals surface area (Å²) in [6.07, 6.45) is 0.955. The largest absolute Gasteiger partial charge is 0.368 e. The Kier molecular flexibility index (Phi) is 5.79. The number of aromatic nitrogens is 2. The van der Waals surface area contributed by atoms with Crippen LogP contribution in [0.3, 0.4) is 0 Å². The van der Waals surface area contributed by atoms with Crippen LogP contribution < -0.4 is 16.0 Å². The highest BCUT2D eigenvalue weighted by molar-refractivity contribution is 6.29. The summed E-state index contributed by atoms with van der Waals surface area (Å²) in [5, 5.41) is 3.27. The maximum Gasteiger partial charge on any atom is 0.234 e. The minimum absolute atomic E-state index is 0.0674. The fourth-order valence-electron chi connectivity index (χ4n) is 2.51. The van der Waals surface area contributed by atoms with E-state index >= 15 is 0 Å². The number of amides is 1. The van der Waals surface area contributed by atoms with Crippen LogP contribution in [0.15, 0.2) is 6.07 Å². The van der Waals surface area contributed by atoms with Crippen molar-refractivity contribution < 1.29 is 4.79 Å². The number of hydrogen-bond acceptors (Lipinski definition) is 6. The lowest BCUT2D eigenvalue weighted by Crippen LogP contribution is -2.41. The monoisotopic (exact) mass is 326 g/mol. The molecule has 0 unspecified atom stereocenters. The average Bonchev–Trinajstić information content (AvgIpc) is 2.62. The van der Waals surface area contributed by atoms with Crippen LogP contribution >= 0.6 is 11.6 Å². The van der Waals surface area contributed by atoms with Crippen LogP contribution in [0.2, 0.25) is 5.15 Å². The van der Waals surface area contributed by atoms with Gasteiger partial charge in [0.1, 0.15) is 11.0 Å². The lowest BCUT2D eigenvalue weighted by molar-refractivity contribution is -0.122. The zero-order chi connectivity index (χ0) is 16.1. The third-order valence-corrected chi connectivity index (χ3v) is 3.62. The minimum Gasteiger partial charge on any atom is -0.368 e. The van der Waals surface area contributed by atoms with Gasteiger partial charge in [0.2, 0.25) is 11.9 Å². The maximum atomic E-state index is 11.9. The first kappa shape index (κ1) is 16.8. The van der Waals surface area contributed by atoms with Gasteiger partial charge in [-0.2, -0.15) is 4.98 Å². The molecule has 0 bridgehead atoms. The molecule has 2 rings (SSSR count). The molecule has 1 aromatic rings. The first-order valence-electron chi connectivity index (χ1n) is 7.51. The van der Waals surface area contributed by atoms with Gasteiger partial charge in [-0.3, -0.25) is 9.69 Å². The molecular weight excluding hydrogens is 304 g/mol. The maximum absolute atomic E-state index is 11.9. The minimum atomic E-state index is 0.0674. The SMILES string of the molecule is CC(C)NC(=O)CN1CCCN(c2cc(Cl)nc(N)n2)CC1. The van der Waals surface area contributed by atoms with Crippen molar-refractivity contribution in [3.05, 3.63) is 11.2 Å². The standard InChI is InChI=1S/C14H23ClN6O/c1-10(2)17-13(22)9-20-4-3-5-21(7-6-20)12-8-11(15)18-14(16)19-12/h8,10H,3-7,9H2,1-2H3,(H,17,22)(H2,16,18,19). The van der Waals surface area contributed by atoms with Gasteiger partial charge in [-0.25, -0.2) is 4.98 Å². The van der Waals surface area contributed by atoms with Crippen molar-refractivity contribution in [2.45, 2.75) is 26.3 Å². The number of nitrogens with one attached hydrogen (secondary N) is 1. The van der Waals surface area contributed by atoms with Crippen LogP contribution in [0, 0.1) is 0 Å². The Hall–Kier alpha value is -1.60. The van der Waals surface area contributed by atoms with Gasteiger partial charge in [-0.1, -0.05) is 11.6 Å². The number of anilines is 2. The number of hydrogen-bond donors (Lipinski definition) is 2. The van der Waals surface area contributed by atoms with Crippen molar-refractivity contribution in [2.24, 2.45) is 0 Å². The average molecular weight is 327 g/mol. The van der Waals surface area contributed by atoms with Gasteiger partial charge in [0.25, 0.3) is 0 Å². The Morgan fingerprint density at radius 2 is 2.14 bits per heavy atom. The number of halogens is 1. The fourth-order valence-corrected chi connectivity index (χ4v) is 2.70. The second-order valence-electron chi connectivity index (χ2n) is 5.75. The van der Waals surface area contributed by atoms with Gasteiger partial charge in [-0.05, 0) is 20.3 Å². The topological polar surface area (TPSA) is 87.4 Å². The second kappa shape index (κ2) is 7.60. The molecule has 8 heteroatoms. The lowest BCUT2D eigenvalue weighted by Gasteiger charge is -2.23. The van der Waals surface area contributed by atoms with Crippen LogP contribution in [0.25, 0.3) is 0 Å². The number of nitrogen functional groups attached to an aromatic ring is 1. The summed E-state index contributed by atoms with van der Waals surface area (Å²) in [6, 6.07) is 1.89. The van der Waals surface area contributed by atoms with Gasteiger partial charge in [0.05, 0.1) is 6.54 Å². The Morgan fingerprint density at radius 3 is 2.82 bits per heavy atom. The van der Waals surface area contributed by atoms with E-state index in [0.29, 0.717) is 11.7 Å². The number of nitrogens with two attached hydrogens (primary N) is 1. The first-order valence-corrected chi connectivity index (χ1v) is 7.88. The molecule has 1 aliphatic rings. The Morgan fingerprint density at radius 1 is 1.36 bits per heavy atom. The predicted octanol–water partition coefficient (Wildman–Crippen LogP) is 0.749. The third kappa shape index (κ3) is 4.99. The van der Waals surface area contributed by atoms with Crippen LogP contribution in [-0.2, 0) is 4.79 Å². The van der Waals surface area contributed by atoms with Gasteiger partial charge >= 0.3 is 0 Å². The molecule has 7 nitrogen and oxygen atoms in total. The smallest absolute Gasteiger partial charge is 0.234 e. The Balaban J connectivity index is 1.93. The van der Waals surface area contributed by atoms with Crippen molar-refractivity contribution in [1.29, 1.82) is 0 Å². The number of carbonyl (C=O) groups excluding carboxylic acids is 1.